The number of aliphatic carboxylic acids is 1. The van der Waals surface area contributed by atoms with Gasteiger partial charge in [-0.25, -0.2) is 15.0 Å². The Hall–Kier alpha value is -1.99. The number of hydrogen-bond acceptors (Lipinski definition) is 9. The monoisotopic (exact) mass is 399 g/mol. The molecule has 3 heterocycles. The molecule has 0 radical (unpaired) electrons. The highest BCUT2D eigenvalue weighted by Crippen LogP contribution is 2.32. The fourth-order valence-corrected chi connectivity index (χ4v) is 4.63. The van der Waals surface area contributed by atoms with Gasteiger partial charge in [0.1, 0.15) is 47.7 Å². The van der Waals surface area contributed by atoms with Crippen LogP contribution in [-0.2, 0) is 20.4 Å². The number of nitrogens with zero attached hydrogens (tertiary/aromatic N) is 4. The minimum atomic E-state index is -1.16. The molecule has 1 saturated heterocycles. The molecule has 3 rings (SSSR count). The Morgan fingerprint density at radius 3 is 2.81 bits per heavy atom. The summed E-state index contributed by atoms with van der Waals surface area (Å²) in [6.07, 6.45) is 1.31. The maximum absolute atomic E-state index is 10.8. The molecule has 2 unspecified atom stereocenters. The summed E-state index contributed by atoms with van der Waals surface area (Å²) in [5, 5.41) is 29.7. The van der Waals surface area contributed by atoms with Gasteiger partial charge >= 0.3 is 5.97 Å². The van der Waals surface area contributed by atoms with Crippen LogP contribution in [0.3, 0.4) is 0 Å². The molecule has 11 nitrogen and oxygen atoms in total. The smallest absolute Gasteiger partial charge is 0.320 e. The zero-order chi connectivity index (χ0) is 19.7. The normalized spacial score (nSPS) is 27.7. The molecule has 148 valence electrons. The van der Waals surface area contributed by atoms with Crippen molar-refractivity contribution in [3.63, 3.8) is 0 Å². The van der Waals surface area contributed by atoms with E-state index in [2.05, 4.69) is 15.0 Å². The highest BCUT2D eigenvalue weighted by molar-refractivity contribution is 7.96. The molecule has 12 heteroatoms. The van der Waals surface area contributed by atoms with Gasteiger partial charge in [-0.2, -0.15) is 0 Å². The molecule has 0 aromatic carbocycles. The van der Waals surface area contributed by atoms with E-state index in [0.717, 1.165) is 0 Å². The number of imidazole rings is 1. The molecule has 6 atom stereocenters. The molecule has 0 aliphatic carbocycles. The van der Waals surface area contributed by atoms with E-state index in [1.807, 2.05) is 6.26 Å². The number of hydrogen-bond donors (Lipinski definition) is 5. The lowest BCUT2D eigenvalue weighted by molar-refractivity contribution is -0.138. The van der Waals surface area contributed by atoms with E-state index in [1.54, 1.807) is 0 Å². The van der Waals surface area contributed by atoms with Gasteiger partial charge in [-0.1, -0.05) is 0 Å². The van der Waals surface area contributed by atoms with E-state index < -0.39 is 36.6 Å². The summed E-state index contributed by atoms with van der Waals surface area (Å²) in [6, 6.07) is -0.907. The number of nitrogens with two attached hydrogens (primary N) is 2. The summed E-state index contributed by atoms with van der Waals surface area (Å²) >= 11 is 0. The van der Waals surface area contributed by atoms with Crippen LogP contribution < -0.4 is 11.5 Å². The van der Waals surface area contributed by atoms with Crippen LogP contribution in [-0.4, -0.2) is 82.9 Å². The summed E-state index contributed by atoms with van der Waals surface area (Å²) in [6.45, 7) is 0. The molecule has 1 aliphatic rings. The van der Waals surface area contributed by atoms with Crippen molar-refractivity contribution in [1.82, 2.24) is 19.5 Å². The van der Waals surface area contributed by atoms with Crippen molar-refractivity contribution in [3.8, 4) is 0 Å². The van der Waals surface area contributed by atoms with Gasteiger partial charge in [0.25, 0.3) is 0 Å². The van der Waals surface area contributed by atoms with Gasteiger partial charge in [-0.05, 0) is 10.9 Å². The molecule has 1 aliphatic heterocycles. The van der Waals surface area contributed by atoms with Crippen molar-refractivity contribution < 1.29 is 24.9 Å². The Labute approximate surface area is 157 Å². The van der Waals surface area contributed by atoms with E-state index in [9.17, 15) is 15.0 Å². The van der Waals surface area contributed by atoms with E-state index >= 15 is 0 Å². The summed E-state index contributed by atoms with van der Waals surface area (Å²) in [4.78, 5) is 23.0. The Balaban J connectivity index is 1.68. The van der Waals surface area contributed by atoms with Crippen LogP contribution in [0.25, 0.3) is 11.2 Å². The van der Waals surface area contributed by atoms with Gasteiger partial charge < -0.3 is 31.5 Å². The zero-order valence-electron chi connectivity index (χ0n) is 14.7. The van der Waals surface area contributed by atoms with Crippen molar-refractivity contribution in [2.24, 2.45) is 5.73 Å². The highest BCUT2D eigenvalue weighted by atomic mass is 32.2. The van der Waals surface area contributed by atoms with Crippen LogP contribution in [0.1, 0.15) is 12.6 Å². The number of rotatable bonds is 7. The van der Waals surface area contributed by atoms with Gasteiger partial charge in [0.05, 0.1) is 12.6 Å². The molecule has 0 amide bonds. The van der Waals surface area contributed by atoms with Gasteiger partial charge in [0.15, 0.2) is 17.7 Å². The maximum atomic E-state index is 10.8. The molecule has 0 spiro atoms. The second-order valence-corrected chi connectivity index (χ2v) is 8.82. The van der Waals surface area contributed by atoms with Crippen molar-refractivity contribution in [3.05, 3.63) is 12.7 Å². The first-order chi connectivity index (χ1) is 12.8. The third kappa shape index (κ3) is 3.99. The van der Waals surface area contributed by atoms with Gasteiger partial charge in [0, 0.05) is 6.42 Å². The third-order valence-corrected chi connectivity index (χ3v) is 6.37. The molecule has 2 aromatic rings. The first kappa shape index (κ1) is 19.8. The lowest BCUT2D eigenvalue weighted by Gasteiger charge is -2.16. The zero-order valence-corrected chi connectivity index (χ0v) is 15.5. The number of nitrogen functional groups attached to an aromatic ring is 1. The molecular weight excluding hydrogens is 376 g/mol. The lowest BCUT2D eigenvalue weighted by Crippen LogP contribution is -2.37. The Morgan fingerprint density at radius 1 is 1.37 bits per heavy atom. The van der Waals surface area contributed by atoms with Crippen molar-refractivity contribution in [2.75, 3.05) is 23.5 Å². The number of fused-ring (bicyclic) bond motifs is 1. The van der Waals surface area contributed by atoms with Gasteiger partial charge in [-0.3, -0.25) is 9.36 Å². The minimum Gasteiger partial charge on any atom is -0.480 e. The summed E-state index contributed by atoms with van der Waals surface area (Å²) in [5.74, 6) is 0.254. The number of anilines is 1. The van der Waals surface area contributed by atoms with Gasteiger partial charge in [0.2, 0.25) is 0 Å². The molecule has 27 heavy (non-hydrogen) atoms. The van der Waals surface area contributed by atoms with E-state index in [1.165, 1.54) is 17.2 Å². The van der Waals surface area contributed by atoms with Crippen LogP contribution >= 0.6 is 0 Å². The molecule has 0 bridgehead atoms. The van der Waals surface area contributed by atoms with E-state index in [-0.39, 0.29) is 16.7 Å². The second-order valence-electron chi connectivity index (χ2n) is 6.51. The average molecular weight is 399 g/mol. The lowest BCUT2D eigenvalue weighted by atomic mass is 10.1. The number of carbonyl (C=O) groups is 1. The minimum absolute atomic E-state index is 0.216. The second kappa shape index (κ2) is 7.94. The molecule has 7 N–H and O–H groups in total. The number of carboxylic acid groups (broad SMARTS) is 1. The molecule has 1 fully saturated rings. The van der Waals surface area contributed by atoms with Crippen LogP contribution in [0.5, 0.6) is 0 Å². The topological polar surface area (TPSA) is 183 Å². The average Bonchev–Trinajstić information content (AvgIpc) is 3.17. The Kier molecular flexibility index (Phi) is 5.81. The van der Waals surface area contributed by atoms with Crippen LogP contribution in [0.2, 0.25) is 0 Å². The standard InChI is InChI=1S/C15H22N6O5S/c1-27(3-2-7(16)15(24)25)4-8-10(22)11(23)14(26-8)21-6-20-9-12(17)18-5-19-13(9)21/h5-8,10-11,14,22-23H,2-4,16H2,1H3,(H2-,17,18,19,24,25)/p+1/t7-,8+,10+,11+,14?,27?/m0/s1. The molecular formula is C15H23N6O5S+. The molecule has 0 saturated carbocycles. The van der Waals surface area contributed by atoms with Crippen molar-refractivity contribution in [2.45, 2.75) is 37.0 Å². The predicted octanol–water partition coefficient (Wildman–Crippen LogP) is -1.92. The Morgan fingerprint density at radius 2 is 2.11 bits per heavy atom. The van der Waals surface area contributed by atoms with Crippen LogP contribution in [0, 0.1) is 0 Å². The summed E-state index contributed by atoms with van der Waals surface area (Å²) in [5.41, 5.74) is 12.1. The first-order valence-corrected chi connectivity index (χ1v) is 10.3. The number of ether oxygens (including phenoxy) is 1. The first-order valence-electron chi connectivity index (χ1n) is 8.31. The predicted molar refractivity (Wildman–Crippen MR) is 98.9 cm³/mol. The summed E-state index contributed by atoms with van der Waals surface area (Å²) in [7, 11) is -0.235. The Bertz CT molecular complexity index is 819. The van der Waals surface area contributed by atoms with Crippen molar-refractivity contribution in [1.29, 1.82) is 0 Å². The fraction of sp³-hybridized carbons (Fsp3) is 0.600. The van der Waals surface area contributed by atoms with Crippen molar-refractivity contribution >= 4 is 33.8 Å². The van der Waals surface area contributed by atoms with Crippen LogP contribution in [0.4, 0.5) is 5.82 Å². The quantitative estimate of drug-likeness (QED) is 0.329. The number of aromatic nitrogens is 4. The third-order valence-electron chi connectivity index (χ3n) is 4.54. The fourth-order valence-electron chi connectivity index (χ4n) is 2.97. The summed E-state index contributed by atoms with van der Waals surface area (Å²) < 4.78 is 7.41. The largest absolute Gasteiger partial charge is 0.480 e. The number of carboxylic acids is 1. The maximum Gasteiger partial charge on any atom is 0.320 e. The molecule has 2 aromatic heterocycles. The van der Waals surface area contributed by atoms with E-state index in [4.69, 9.17) is 21.3 Å². The number of aliphatic hydroxyl groups excluding tert-OH is 2. The highest BCUT2D eigenvalue weighted by Gasteiger charge is 2.46. The SMILES string of the molecule is C[S+](CC[C@H](N)C(=O)O)C[C@H]1OC(n2cnc3c(N)ncnc32)[C@H](O)[C@@H]1O. The van der Waals surface area contributed by atoms with E-state index in [0.29, 0.717) is 29.1 Å². The number of aliphatic hydroxyl groups is 2. The van der Waals surface area contributed by atoms with Gasteiger partial charge in [-0.15, -0.1) is 0 Å². The van der Waals surface area contributed by atoms with Crippen LogP contribution in [0.15, 0.2) is 12.7 Å².